The van der Waals surface area contributed by atoms with Gasteiger partial charge in [0.2, 0.25) is 5.91 Å². The zero-order chi connectivity index (χ0) is 24.8. The minimum atomic E-state index is -1.30. The summed E-state index contributed by atoms with van der Waals surface area (Å²) < 4.78 is 12.6. The van der Waals surface area contributed by atoms with Gasteiger partial charge in [0, 0.05) is 28.8 Å². The lowest BCUT2D eigenvalue weighted by atomic mass is 10.1. The largest absolute Gasteiger partial charge is 0.326 e. The third-order valence-electron chi connectivity index (χ3n) is 5.62. The zero-order valence-corrected chi connectivity index (χ0v) is 22.1. The van der Waals surface area contributed by atoms with Crippen molar-refractivity contribution in [2.24, 2.45) is 5.92 Å². The zero-order valence-electron chi connectivity index (χ0n) is 17.5. The molecule has 2 amide bonds. The second-order valence-electron chi connectivity index (χ2n) is 7.83. The SMILES string of the molecule is CN(C(=O)c1cc(NC(=O)[C@@H]2[C@@H](c3ccc(Br)c(Cl)c3)C2(Cl)Cl)ccc1Cl)c1ccc(F)cc1. The van der Waals surface area contributed by atoms with Crippen LogP contribution in [0.5, 0.6) is 0 Å². The van der Waals surface area contributed by atoms with Crippen molar-refractivity contribution < 1.29 is 14.0 Å². The van der Waals surface area contributed by atoms with Crippen LogP contribution in [-0.4, -0.2) is 23.2 Å². The van der Waals surface area contributed by atoms with E-state index >= 15 is 0 Å². The number of carbonyl (C=O) groups is 2. The summed E-state index contributed by atoms with van der Waals surface area (Å²) in [6.45, 7) is 0. The standard InChI is InChI=1S/C24H16BrCl4FN2O2/c1-32(15-6-3-13(30)4-7-15)23(34)16-11-14(5-9-18(16)26)31-22(33)21-20(24(21,28)29)12-2-8-17(25)19(27)10-12/h2-11,20-21H,1H3,(H,31,33)/t20-,21+/m1/s1. The third kappa shape index (κ3) is 4.93. The first kappa shape index (κ1) is 25.3. The van der Waals surface area contributed by atoms with Gasteiger partial charge in [-0.2, -0.15) is 0 Å². The highest BCUT2D eigenvalue weighted by molar-refractivity contribution is 9.10. The van der Waals surface area contributed by atoms with E-state index in [1.54, 1.807) is 31.3 Å². The fourth-order valence-corrected chi connectivity index (χ4v) is 5.19. The van der Waals surface area contributed by atoms with E-state index in [-0.39, 0.29) is 10.6 Å². The highest BCUT2D eigenvalue weighted by Crippen LogP contribution is 2.65. The Hall–Kier alpha value is -1.83. The van der Waals surface area contributed by atoms with Gasteiger partial charge in [-0.05, 0) is 76.1 Å². The Morgan fingerprint density at radius 1 is 1.00 bits per heavy atom. The topological polar surface area (TPSA) is 49.4 Å². The number of hydrogen-bond acceptors (Lipinski definition) is 2. The maximum absolute atomic E-state index is 13.2. The fourth-order valence-electron chi connectivity index (χ4n) is 3.72. The van der Waals surface area contributed by atoms with E-state index in [0.29, 0.717) is 16.4 Å². The molecule has 0 aliphatic heterocycles. The molecule has 1 aliphatic rings. The van der Waals surface area contributed by atoms with Crippen LogP contribution >= 0.6 is 62.3 Å². The van der Waals surface area contributed by atoms with Crippen molar-refractivity contribution in [2.45, 2.75) is 10.3 Å². The molecule has 0 spiro atoms. The molecule has 2 atom stereocenters. The van der Waals surface area contributed by atoms with Gasteiger partial charge in [-0.25, -0.2) is 4.39 Å². The van der Waals surface area contributed by atoms with Crippen LogP contribution in [0.2, 0.25) is 10.0 Å². The van der Waals surface area contributed by atoms with Gasteiger partial charge in [-0.3, -0.25) is 9.59 Å². The van der Waals surface area contributed by atoms with E-state index in [2.05, 4.69) is 21.2 Å². The van der Waals surface area contributed by atoms with Gasteiger partial charge in [-0.15, -0.1) is 23.2 Å². The number of carbonyl (C=O) groups excluding carboxylic acids is 2. The van der Waals surface area contributed by atoms with E-state index in [9.17, 15) is 14.0 Å². The molecule has 0 unspecified atom stereocenters. The molecule has 1 aliphatic carbocycles. The fraction of sp³-hybridized carbons (Fsp3) is 0.167. The van der Waals surface area contributed by atoms with Crippen LogP contribution in [0.25, 0.3) is 0 Å². The first-order valence-corrected chi connectivity index (χ1v) is 12.3. The first-order chi connectivity index (χ1) is 16.0. The first-order valence-electron chi connectivity index (χ1n) is 9.97. The number of nitrogens with one attached hydrogen (secondary N) is 1. The van der Waals surface area contributed by atoms with Gasteiger partial charge in [0.1, 0.15) is 10.2 Å². The van der Waals surface area contributed by atoms with Crippen LogP contribution in [0.15, 0.2) is 65.1 Å². The minimum absolute atomic E-state index is 0.168. The Kier molecular flexibility index (Phi) is 7.19. The number of benzene rings is 3. The average Bonchev–Trinajstić information content (AvgIpc) is 3.38. The minimum Gasteiger partial charge on any atom is -0.326 e. The molecule has 10 heteroatoms. The molecule has 0 radical (unpaired) electrons. The van der Waals surface area contributed by atoms with Crippen molar-refractivity contribution in [1.82, 2.24) is 0 Å². The predicted molar refractivity (Wildman–Crippen MR) is 139 cm³/mol. The number of nitrogens with zero attached hydrogens (tertiary/aromatic N) is 1. The molecule has 0 heterocycles. The van der Waals surface area contributed by atoms with Crippen LogP contribution in [0.1, 0.15) is 21.8 Å². The Morgan fingerprint density at radius 2 is 1.68 bits per heavy atom. The van der Waals surface area contributed by atoms with E-state index in [4.69, 9.17) is 46.4 Å². The summed E-state index contributed by atoms with van der Waals surface area (Å²) in [5.41, 5.74) is 1.75. The van der Waals surface area contributed by atoms with Crippen molar-refractivity contribution in [1.29, 1.82) is 0 Å². The quantitative estimate of drug-likeness (QED) is 0.304. The maximum atomic E-state index is 13.2. The second kappa shape index (κ2) is 9.67. The molecule has 0 bridgehead atoms. The van der Waals surface area contributed by atoms with Gasteiger partial charge in [-0.1, -0.05) is 29.3 Å². The Bertz CT molecular complexity index is 1290. The normalized spacial score (nSPS) is 18.3. The highest BCUT2D eigenvalue weighted by Gasteiger charge is 2.67. The summed E-state index contributed by atoms with van der Waals surface area (Å²) in [4.78, 5) is 27.3. The van der Waals surface area contributed by atoms with Crippen LogP contribution in [0, 0.1) is 11.7 Å². The Labute approximate surface area is 224 Å². The number of halogens is 6. The maximum Gasteiger partial charge on any atom is 0.259 e. The van der Waals surface area contributed by atoms with Crippen LogP contribution in [0.3, 0.4) is 0 Å². The van der Waals surface area contributed by atoms with Crippen LogP contribution < -0.4 is 10.2 Å². The van der Waals surface area contributed by atoms with Crippen molar-refractivity contribution in [3.05, 3.63) is 92.1 Å². The molecule has 4 nitrogen and oxygen atoms in total. The molecule has 1 N–H and O–H groups in total. The number of alkyl halides is 2. The third-order valence-corrected chi connectivity index (χ3v) is 8.12. The number of amides is 2. The number of anilines is 2. The van der Waals surface area contributed by atoms with Crippen molar-refractivity contribution in [2.75, 3.05) is 17.3 Å². The summed E-state index contributed by atoms with van der Waals surface area (Å²) in [7, 11) is 1.55. The predicted octanol–water partition coefficient (Wildman–Crippen LogP) is 7.70. The summed E-state index contributed by atoms with van der Waals surface area (Å²) >= 11 is 28.6. The highest BCUT2D eigenvalue weighted by atomic mass is 79.9. The summed E-state index contributed by atoms with van der Waals surface area (Å²) in [6.07, 6.45) is 0. The molecule has 176 valence electrons. The van der Waals surface area contributed by atoms with E-state index in [1.165, 1.54) is 41.3 Å². The van der Waals surface area contributed by atoms with Crippen molar-refractivity contribution >= 4 is 85.5 Å². The van der Waals surface area contributed by atoms with E-state index in [0.717, 1.165) is 10.0 Å². The monoisotopic (exact) mass is 602 g/mol. The number of rotatable bonds is 5. The van der Waals surface area contributed by atoms with E-state index < -0.39 is 33.8 Å². The molecule has 3 aromatic rings. The molecular formula is C24H16BrCl4FN2O2. The molecule has 0 saturated heterocycles. The molecular weight excluding hydrogens is 589 g/mol. The molecule has 0 aromatic heterocycles. The van der Waals surface area contributed by atoms with Crippen molar-refractivity contribution in [3.8, 4) is 0 Å². The van der Waals surface area contributed by atoms with Gasteiger partial charge in [0.25, 0.3) is 5.91 Å². The van der Waals surface area contributed by atoms with Crippen LogP contribution in [0.4, 0.5) is 15.8 Å². The summed E-state index contributed by atoms with van der Waals surface area (Å²) in [6, 6.07) is 15.3. The van der Waals surface area contributed by atoms with Gasteiger partial charge in [0.05, 0.1) is 21.5 Å². The van der Waals surface area contributed by atoms with Crippen LogP contribution in [-0.2, 0) is 4.79 Å². The lowest BCUT2D eigenvalue weighted by Gasteiger charge is -2.18. The van der Waals surface area contributed by atoms with Crippen molar-refractivity contribution in [3.63, 3.8) is 0 Å². The number of hydrogen-bond donors (Lipinski definition) is 1. The Balaban J connectivity index is 1.53. The molecule has 4 rings (SSSR count). The van der Waals surface area contributed by atoms with Gasteiger partial charge >= 0.3 is 0 Å². The molecule has 34 heavy (non-hydrogen) atoms. The summed E-state index contributed by atoms with van der Waals surface area (Å²) in [5, 5.41) is 3.45. The lowest BCUT2D eigenvalue weighted by Crippen LogP contribution is -2.26. The van der Waals surface area contributed by atoms with Gasteiger partial charge in [0.15, 0.2) is 0 Å². The Morgan fingerprint density at radius 3 is 2.32 bits per heavy atom. The molecule has 1 fully saturated rings. The van der Waals surface area contributed by atoms with E-state index in [1.807, 2.05) is 0 Å². The molecule has 1 saturated carbocycles. The summed E-state index contributed by atoms with van der Waals surface area (Å²) in [5.74, 6) is -2.40. The van der Waals surface area contributed by atoms with Gasteiger partial charge < -0.3 is 10.2 Å². The second-order valence-corrected chi connectivity index (χ2v) is 10.9. The average molecular weight is 605 g/mol. The molecule has 3 aromatic carbocycles. The smallest absolute Gasteiger partial charge is 0.259 e. The lowest BCUT2D eigenvalue weighted by molar-refractivity contribution is -0.117.